The quantitative estimate of drug-likeness (QED) is 0.236. The first-order valence-corrected chi connectivity index (χ1v) is 13.9. The van der Waals surface area contributed by atoms with Gasteiger partial charge in [0.05, 0.1) is 21.5 Å². The zero-order chi connectivity index (χ0) is 27.2. The van der Waals surface area contributed by atoms with Gasteiger partial charge in [-0.2, -0.15) is 0 Å². The third-order valence-corrected chi connectivity index (χ3v) is 8.72. The number of Topliss-reactive ketones (excluding diaryl/α,β-unsaturated/α-hetero) is 1. The average Bonchev–Trinajstić information content (AvgIpc) is 3.19. The highest BCUT2D eigenvalue weighted by Crippen LogP contribution is 2.39. The van der Waals surface area contributed by atoms with Crippen molar-refractivity contribution in [2.24, 2.45) is 0 Å². The third kappa shape index (κ3) is 5.13. The highest BCUT2D eigenvalue weighted by molar-refractivity contribution is 7.90. The van der Waals surface area contributed by atoms with E-state index < -0.39 is 32.9 Å². The molecule has 1 saturated heterocycles. The molecule has 0 N–H and O–H groups in total. The molecule has 0 radical (unpaired) electrons. The monoisotopic (exact) mass is 522 g/mol. The zero-order valence-corrected chi connectivity index (χ0v) is 23.1. The maximum atomic E-state index is 13.5. The first-order chi connectivity index (χ1) is 17.2. The number of nitrogens with zero attached hydrogens (tertiary/aromatic N) is 2. The van der Waals surface area contributed by atoms with Gasteiger partial charge < -0.3 is 4.84 Å². The fraction of sp³-hybridized carbons (Fsp3) is 0.379. The molecule has 1 aliphatic heterocycles. The molecule has 2 heterocycles. The van der Waals surface area contributed by atoms with Gasteiger partial charge >= 0.3 is 5.97 Å². The Morgan fingerprint density at radius 2 is 1.54 bits per heavy atom. The van der Waals surface area contributed by atoms with E-state index in [0.717, 1.165) is 24.8 Å². The van der Waals surface area contributed by atoms with Gasteiger partial charge in [0, 0.05) is 17.1 Å². The molecule has 3 aromatic rings. The number of fused-ring (bicyclic) bond motifs is 1. The standard InChI is InChI=1S/C29H34N2O5S/c1-20-12-14-23(15-13-20)37(34,35)30-19-22(24-10-7-8-11-26(24)30)18-25(21(2)32)27(33)36-31-28(3,4)16-9-17-29(31,5)6/h7-8,10-15,18-19H,9,16-17H2,1-6H3/b25-18-. The van der Waals surface area contributed by atoms with E-state index in [1.807, 2.05) is 34.6 Å². The van der Waals surface area contributed by atoms with Crippen molar-refractivity contribution >= 4 is 38.8 Å². The molecule has 7 nitrogen and oxygen atoms in total. The van der Waals surface area contributed by atoms with Gasteiger partial charge in [-0.05, 0) is 85.1 Å². The van der Waals surface area contributed by atoms with Crippen molar-refractivity contribution in [3.8, 4) is 0 Å². The number of para-hydroxylation sites is 1. The van der Waals surface area contributed by atoms with Gasteiger partial charge in [0.15, 0.2) is 5.78 Å². The summed E-state index contributed by atoms with van der Waals surface area (Å²) in [6.45, 7) is 11.3. The largest absolute Gasteiger partial charge is 0.363 e. The molecular weight excluding hydrogens is 488 g/mol. The molecule has 0 bridgehead atoms. The van der Waals surface area contributed by atoms with E-state index in [9.17, 15) is 18.0 Å². The topological polar surface area (TPSA) is 85.7 Å². The van der Waals surface area contributed by atoms with Gasteiger partial charge in [0.25, 0.3) is 10.0 Å². The van der Waals surface area contributed by atoms with E-state index in [-0.39, 0.29) is 10.5 Å². The highest BCUT2D eigenvalue weighted by atomic mass is 32.2. The molecule has 0 unspecified atom stereocenters. The van der Waals surface area contributed by atoms with E-state index in [4.69, 9.17) is 4.84 Å². The Hall–Kier alpha value is -3.23. The van der Waals surface area contributed by atoms with Crippen LogP contribution in [-0.2, 0) is 24.4 Å². The molecule has 196 valence electrons. The zero-order valence-electron chi connectivity index (χ0n) is 22.2. The molecule has 4 rings (SSSR count). The van der Waals surface area contributed by atoms with Gasteiger partial charge in [-0.3, -0.25) is 4.79 Å². The summed E-state index contributed by atoms with van der Waals surface area (Å²) in [6, 6.07) is 13.6. The molecule has 1 aromatic heterocycles. The lowest BCUT2D eigenvalue weighted by Gasteiger charge is -2.50. The Balaban J connectivity index is 1.79. The van der Waals surface area contributed by atoms with Crippen molar-refractivity contribution in [2.45, 2.75) is 76.8 Å². The summed E-state index contributed by atoms with van der Waals surface area (Å²) in [4.78, 5) is 32.0. The van der Waals surface area contributed by atoms with Gasteiger partial charge in [-0.15, -0.1) is 5.06 Å². The number of carbonyl (C=O) groups is 2. The van der Waals surface area contributed by atoms with Gasteiger partial charge in [0.1, 0.15) is 5.57 Å². The van der Waals surface area contributed by atoms with Crippen LogP contribution in [0.3, 0.4) is 0 Å². The van der Waals surface area contributed by atoms with Crippen LogP contribution in [-0.4, -0.2) is 40.3 Å². The Labute approximate surface area is 218 Å². The van der Waals surface area contributed by atoms with Crippen LogP contribution in [0.4, 0.5) is 0 Å². The lowest BCUT2D eigenvalue weighted by molar-refractivity contribution is -0.262. The van der Waals surface area contributed by atoms with Crippen molar-refractivity contribution in [2.75, 3.05) is 0 Å². The first-order valence-electron chi connectivity index (χ1n) is 12.4. The summed E-state index contributed by atoms with van der Waals surface area (Å²) in [5.74, 6) is -1.22. The second kappa shape index (κ2) is 9.58. The number of hydrogen-bond donors (Lipinski definition) is 0. The second-order valence-corrected chi connectivity index (χ2v) is 12.8. The number of ketones is 1. The lowest BCUT2D eigenvalue weighted by atomic mass is 9.82. The Morgan fingerprint density at radius 1 is 0.946 bits per heavy atom. The molecule has 8 heteroatoms. The minimum absolute atomic E-state index is 0.146. The predicted octanol–water partition coefficient (Wildman–Crippen LogP) is 5.66. The number of aromatic nitrogens is 1. The van der Waals surface area contributed by atoms with Crippen molar-refractivity contribution in [1.82, 2.24) is 9.04 Å². The minimum Gasteiger partial charge on any atom is -0.363 e. The van der Waals surface area contributed by atoms with Crippen LogP contribution in [0.15, 0.2) is 65.2 Å². The van der Waals surface area contributed by atoms with E-state index >= 15 is 0 Å². The first kappa shape index (κ1) is 26.8. The second-order valence-electron chi connectivity index (χ2n) is 11.0. The van der Waals surface area contributed by atoms with Crippen LogP contribution >= 0.6 is 0 Å². The maximum absolute atomic E-state index is 13.5. The summed E-state index contributed by atoms with van der Waals surface area (Å²) in [6.07, 6.45) is 5.60. The summed E-state index contributed by atoms with van der Waals surface area (Å²) in [7, 11) is -3.91. The number of hydrogen-bond acceptors (Lipinski definition) is 6. The number of carbonyl (C=O) groups excluding carboxylic acids is 2. The fourth-order valence-electron chi connectivity index (χ4n) is 5.13. The van der Waals surface area contributed by atoms with Crippen LogP contribution in [0.25, 0.3) is 17.0 Å². The molecule has 0 spiro atoms. The number of aryl methyl sites for hydroxylation is 1. The summed E-state index contributed by atoms with van der Waals surface area (Å²) in [5, 5.41) is 2.30. The Morgan fingerprint density at radius 3 is 2.14 bits per heavy atom. The molecule has 37 heavy (non-hydrogen) atoms. The molecule has 1 aliphatic rings. The molecule has 1 fully saturated rings. The van der Waals surface area contributed by atoms with Crippen molar-refractivity contribution < 1.29 is 22.8 Å². The number of rotatable bonds is 6. The number of piperidine rings is 1. The molecule has 0 saturated carbocycles. The van der Waals surface area contributed by atoms with Gasteiger partial charge in [-0.1, -0.05) is 35.9 Å². The van der Waals surface area contributed by atoms with Gasteiger partial charge in [-0.25, -0.2) is 17.2 Å². The lowest BCUT2D eigenvalue weighted by Crippen LogP contribution is -2.59. The van der Waals surface area contributed by atoms with E-state index in [1.54, 1.807) is 53.6 Å². The van der Waals surface area contributed by atoms with Gasteiger partial charge in [0.2, 0.25) is 0 Å². The molecular formula is C29H34N2O5S. The van der Waals surface area contributed by atoms with Crippen LogP contribution in [0.2, 0.25) is 0 Å². The number of hydroxylamine groups is 2. The summed E-state index contributed by atoms with van der Waals surface area (Å²) >= 11 is 0. The predicted molar refractivity (Wildman–Crippen MR) is 144 cm³/mol. The van der Waals surface area contributed by atoms with Crippen molar-refractivity contribution in [3.63, 3.8) is 0 Å². The molecule has 0 aliphatic carbocycles. The van der Waals surface area contributed by atoms with Crippen LogP contribution in [0.1, 0.15) is 65.0 Å². The Kier molecular flexibility index (Phi) is 6.94. The van der Waals surface area contributed by atoms with Crippen LogP contribution in [0.5, 0.6) is 0 Å². The van der Waals surface area contributed by atoms with E-state index in [0.29, 0.717) is 16.5 Å². The average molecular weight is 523 g/mol. The highest BCUT2D eigenvalue weighted by Gasteiger charge is 2.45. The molecule has 0 atom stereocenters. The summed E-state index contributed by atoms with van der Waals surface area (Å²) < 4.78 is 28.2. The minimum atomic E-state index is -3.91. The van der Waals surface area contributed by atoms with Crippen LogP contribution < -0.4 is 0 Å². The van der Waals surface area contributed by atoms with E-state index in [2.05, 4.69) is 0 Å². The summed E-state index contributed by atoms with van der Waals surface area (Å²) in [5.41, 5.74) is 0.904. The van der Waals surface area contributed by atoms with Crippen molar-refractivity contribution in [1.29, 1.82) is 0 Å². The number of benzene rings is 2. The molecule has 0 amide bonds. The maximum Gasteiger partial charge on any atom is 0.360 e. The van der Waals surface area contributed by atoms with Crippen LogP contribution in [0, 0.1) is 6.92 Å². The SMILES string of the molecule is CC(=O)/C(=C/c1cn(S(=O)(=O)c2ccc(C)cc2)c2ccccc12)C(=O)ON1C(C)(C)CCCC1(C)C. The fourth-order valence-corrected chi connectivity index (χ4v) is 6.51. The smallest absolute Gasteiger partial charge is 0.360 e. The normalized spacial score (nSPS) is 18.1. The van der Waals surface area contributed by atoms with E-state index in [1.165, 1.54) is 23.2 Å². The van der Waals surface area contributed by atoms with Crippen molar-refractivity contribution in [3.05, 3.63) is 71.4 Å². The Bertz CT molecular complexity index is 1480. The third-order valence-electron chi connectivity index (χ3n) is 7.04. The molecule has 2 aromatic carbocycles.